The lowest BCUT2D eigenvalue weighted by Crippen LogP contribution is -2.38. The maximum Gasteiger partial charge on any atom is 0.277 e. The molecule has 1 aliphatic heterocycles. The predicted octanol–water partition coefficient (Wildman–Crippen LogP) is 2.97. The summed E-state index contributed by atoms with van der Waals surface area (Å²) >= 11 is 0. The van der Waals surface area contributed by atoms with Crippen LogP contribution in [-0.2, 0) is 13.1 Å². The van der Waals surface area contributed by atoms with E-state index in [4.69, 9.17) is 5.21 Å². The third-order valence-electron chi connectivity index (χ3n) is 6.67. The Bertz CT molecular complexity index is 1070. The van der Waals surface area contributed by atoms with Crippen LogP contribution in [0.3, 0.4) is 0 Å². The van der Waals surface area contributed by atoms with Crippen LogP contribution >= 0.6 is 0 Å². The number of hydrogen-bond acceptors (Lipinski definition) is 6. The zero-order valence-corrected chi connectivity index (χ0v) is 18.2. The van der Waals surface area contributed by atoms with Crippen molar-refractivity contribution in [3.8, 4) is 0 Å². The number of fused-ring (bicyclic) bond motifs is 1. The van der Waals surface area contributed by atoms with Crippen LogP contribution in [-0.4, -0.2) is 45.3 Å². The average molecular weight is 435 g/mol. The maximum atomic E-state index is 11.4. The first-order valence-corrected chi connectivity index (χ1v) is 11.5. The summed E-state index contributed by atoms with van der Waals surface area (Å²) in [5.74, 6) is 1.53. The molecule has 1 saturated carbocycles. The molecule has 2 fully saturated rings. The van der Waals surface area contributed by atoms with Gasteiger partial charge in [0.15, 0.2) is 0 Å². The maximum absolute atomic E-state index is 11.4. The van der Waals surface area contributed by atoms with Crippen LogP contribution in [0.25, 0.3) is 10.9 Å². The Labute approximate surface area is 187 Å². The monoisotopic (exact) mass is 434 g/mol. The van der Waals surface area contributed by atoms with Gasteiger partial charge in [0.05, 0.1) is 5.56 Å². The second-order valence-electron chi connectivity index (χ2n) is 9.04. The summed E-state index contributed by atoms with van der Waals surface area (Å²) < 4.78 is 2.44. The Morgan fingerprint density at radius 1 is 1.06 bits per heavy atom. The minimum atomic E-state index is -0.600. The molecular formula is C24H30N6O2. The summed E-state index contributed by atoms with van der Waals surface area (Å²) in [6.45, 7) is 4.85. The first kappa shape index (κ1) is 20.9. The molecule has 1 saturated heterocycles. The highest BCUT2D eigenvalue weighted by Crippen LogP contribution is 2.33. The van der Waals surface area contributed by atoms with Gasteiger partial charge in [-0.3, -0.25) is 10.0 Å². The molecule has 0 atom stereocenters. The molecule has 0 radical (unpaired) electrons. The van der Waals surface area contributed by atoms with Crippen molar-refractivity contribution in [3.63, 3.8) is 0 Å². The van der Waals surface area contributed by atoms with Crippen molar-refractivity contribution < 1.29 is 10.0 Å². The lowest BCUT2D eigenvalue weighted by Gasteiger charge is -2.32. The molecule has 0 bridgehead atoms. The third-order valence-corrected chi connectivity index (χ3v) is 6.67. The van der Waals surface area contributed by atoms with Gasteiger partial charge in [-0.1, -0.05) is 18.2 Å². The SMILES string of the molecule is O=C(NO)c1cnc(N2CCC(CNCc3cn(CC4CC4)c4ccccc34)CC2)nc1. The van der Waals surface area contributed by atoms with Crippen molar-refractivity contribution in [1.29, 1.82) is 0 Å². The molecule has 8 heteroatoms. The zero-order chi connectivity index (χ0) is 21.9. The Hall–Kier alpha value is -2.97. The number of hydrogen-bond donors (Lipinski definition) is 3. The molecule has 0 unspecified atom stereocenters. The van der Waals surface area contributed by atoms with E-state index in [0.29, 0.717) is 11.9 Å². The molecule has 1 amide bonds. The Morgan fingerprint density at radius 3 is 2.53 bits per heavy atom. The lowest BCUT2D eigenvalue weighted by molar-refractivity contribution is 0.0705. The number of nitrogens with one attached hydrogen (secondary N) is 2. The quantitative estimate of drug-likeness (QED) is 0.373. The van der Waals surface area contributed by atoms with Crippen molar-refractivity contribution >= 4 is 22.8 Å². The minimum Gasteiger partial charge on any atom is -0.347 e. The number of carbonyl (C=O) groups excluding carboxylic acids is 1. The van der Waals surface area contributed by atoms with E-state index in [-0.39, 0.29) is 5.56 Å². The molecule has 3 heterocycles. The number of nitrogens with zero attached hydrogens (tertiary/aromatic N) is 4. The van der Waals surface area contributed by atoms with Gasteiger partial charge in [-0.15, -0.1) is 0 Å². The number of rotatable bonds is 8. The van der Waals surface area contributed by atoms with Crippen LogP contribution in [0.4, 0.5) is 5.95 Å². The van der Waals surface area contributed by atoms with Crippen LogP contribution < -0.4 is 15.7 Å². The number of aromatic nitrogens is 3. The van der Waals surface area contributed by atoms with Gasteiger partial charge < -0.3 is 14.8 Å². The van der Waals surface area contributed by atoms with Gasteiger partial charge in [0, 0.05) is 55.7 Å². The van der Waals surface area contributed by atoms with E-state index in [2.05, 4.69) is 55.2 Å². The van der Waals surface area contributed by atoms with Crippen molar-refractivity contribution in [2.75, 3.05) is 24.5 Å². The summed E-state index contributed by atoms with van der Waals surface area (Å²) in [6.07, 6.45) is 10.1. The van der Waals surface area contributed by atoms with Crippen molar-refractivity contribution in [2.24, 2.45) is 11.8 Å². The molecule has 32 heavy (non-hydrogen) atoms. The zero-order valence-electron chi connectivity index (χ0n) is 18.2. The van der Waals surface area contributed by atoms with E-state index in [1.54, 1.807) is 5.48 Å². The molecule has 1 aromatic carbocycles. The van der Waals surface area contributed by atoms with Gasteiger partial charge in [0.25, 0.3) is 5.91 Å². The van der Waals surface area contributed by atoms with Crippen LogP contribution in [0.2, 0.25) is 0 Å². The Kier molecular flexibility index (Phi) is 6.05. The fourth-order valence-corrected chi connectivity index (χ4v) is 4.61. The summed E-state index contributed by atoms with van der Waals surface area (Å²) in [6, 6.07) is 8.74. The van der Waals surface area contributed by atoms with Crippen molar-refractivity contribution in [1.82, 2.24) is 25.3 Å². The molecular weight excluding hydrogens is 404 g/mol. The summed E-state index contributed by atoms with van der Waals surface area (Å²) in [4.78, 5) is 22.1. The van der Waals surface area contributed by atoms with E-state index in [1.807, 2.05) is 0 Å². The van der Waals surface area contributed by atoms with Crippen LogP contribution in [0, 0.1) is 11.8 Å². The Morgan fingerprint density at radius 2 is 1.81 bits per heavy atom. The van der Waals surface area contributed by atoms with Gasteiger partial charge in [-0.25, -0.2) is 15.4 Å². The number of amides is 1. The van der Waals surface area contributed by atoms with E-state index < -0.39 is 5.91 Å². The number of anilines is 1. The fraction of sp³-hybridized carbons (Fsp3) is 0.458. The van der Waals surface area contributed by atoms with E-state index in [0.717, 1.165) is 51.5 Å². The summed E-state index contributed by atoms with van der Waals surface area (Å²) in [7, 11) is 0. The fourth-order valence-electron chi connectivity index (χ4n) is 4.61. The average Bonchev–Trinajstić information content (AvgIpc) is 3.60. The molecule has 0 spiro atoms. The Balaban J connectivity index is 1.12. The first-order valence-electron chi connectivity index (χ1n) is 11.5. The predicted molar refractivity (Wildman–Crippen MR) is 123 cm³/mol. The highest BCUT2D eigenvalue weighted by molar-refractivity contribution is 5.92. The summed E-state index contributed by atoms with van der Waals surface area (Å²) in [5, 5.41) is 13.8. The third kappa shape index (κ3) is 4.61. The highest BCUT2D eigenvalue weighted by atomic mass is 16.5. The number of para-hydroxylation sites is 1. The number of benzene rings is 1. The topological polar surface area (TPSA) is 95.3 Å². The lowest BCUT2D eigenvalue weighted by atomic mass is 9.97. The van der Waals surface area contributed by atoms with Gasteiger partial charge in [-0.05, 0) is 55.7 Å². The molecule has 3 N–H and O–H groups in total. The number of carbonyl (C=O) groups is 1. The standard InChI is InChI=1S/C24H30N6O2/c31-23(28-32)19-13-26-24(27-14-19)29-9-7-17(8-10-29)11-25-12-20-16-30(15-18-5-6-18)22-4-2-1-3-21(20)22/h1-4,13-14,16-18,25,32H,5-12,15H2,(H,28,31). The van der Waals surface area contributed by atoms with E-state index in [1.165, 1.54) is 41.7 Å². The first-order chi connectivity index (χ1) is 15.7. The second-order valence-corrected chi connectivity index (χ2v) is 9.04. The van der Waals surface area contributed by atoms with Gasteiger partial charge >= 0.3 is 0 Å². The van der Waals surface area contributed by atoms with Crippen LogP contribution in [0.15, 0.2) is 42.9 Å². The normalized spacial score (nSPS) is 17.1. The molecule has 2 aromatic heterocycles. The van der Waals surface area contributed by atoms with E-state index in [9.17, 15) is 4.79 Å². The molecule has 3 aromatic rings. The highest BCUT2D eigenvalue weighted by Gasteiger charge is 2.23. The minimum absolute atomic E-state index is 0.244. The summed E-state index contributed by atoms with van der Waals surface area (Å²) in [5.41, 5.74) is 4.58. The van der Waals surface area contributed by atoms with Crippen LogP contribution in [0.5, 0.6) is 0 Å². The number of hydroxylamine groups is 1. The van der Waals surface area contributed by atoms with Crippen molar-refractivity contribution in [2.45, 2.75) is 38.8 Å². The molecule has 2 aliphatic rings. The van der Waals surface area contributed by atoms with E-state index >= 15 is 0 Å². The molecule has 8 nitrogen and oxygen atoms in total. The van der Waals surface area contributed by atoms with Gasteiger partial charge in [0.1, 0.15) is 0 Å². The largest absolute Gasteiger partial charge is 0.347 e. The second kappa shape index (κ2) is 9.26. The van der Waals surface area contributed by atoms with Crippen LogP contribution in [0.1, 0.15) is 41.6 Å². The molecule has 1 aliphatic carbocycles. The van der Waals surface area contributed by atoms with Crippen molar-refractivity contribution in [3.05, 3.63) is 54.0 Å². The number of piperidine rings is 1. The van der Waals surface area contributed by atoms with Gasteiger partial charge in [0.2, 0.25) is 5.95 Å². The molecule has 5 rings (SSSR count). The smallest absolute Gasteiger partial charge is 0.277 e. The molecule has 168 valence electrons. The van der Waals surface area contributed by atoms with Gasteiger partial charge in [-0.2, -0.15) is 0 Å².